The molecule has 2 aromatic carbocycles. The normalized spacial score (nSPS) is 15.5. The highest BCUT2D eigenvalue weighted by atomic mass is 16.5. The molecule has 1 aliphatic rings. The van der Waals surface area contributed by atoms with Crippen molar-refractivity contribution in [3.63, 3.8) is 0 Å². The number of nitrogens with one attached hydrogen (secondary N) is 1. The summed E-state index contributed by atoms with van der Waals surface area (Å²) in [6.07, 6.45) is 2.08. The van der Waals surface area contributed by atoms with Gasteiger partial charge in [-0.05, 0) is 36.8 Å². The van der Waals surface area contributed by atoms with Crippen molar-refractivity contribution in [2.45, 2.75) is 19.4 Å². The van der Waals surface area contributed by atoms with E-state index in [2.05, 4.69) is 10.4 Å². The number of para-hydroxylation sites is 1. The van der Waals surface area contributed by atoms with Gasteiger partial charge in [0.25, 0.3) is 5.91 Å². The van der Waals surface area contributed by atoms with Crippen molar-refractivity contribution in [2.75, 3.05) is 19.0 Å². The Morgan fingerprint density at radius 3 is 2.61 bits per heavy atom. The second-order valence-corrected chi connectivity index (χ2v) is 7.26. The Bertz CT molecular complexity index is 1100. The van der Waals surface area contributed by atoms with Crippen LogP contribution in [0.5, 0.6) is 0 Å². The van der Waals surface area contributed by atoms with Crippen molar-refractivity contribution in [1.29, 1.82) is 0 Å². The van der Waals surface area contributed by atoms with Gasteiger partial charge in [-0.15, -0.1) is 0 Å². The number of ether oxygens (including phenoxy) is 1. The first kappa shape index (κ1) is 20.4. The van der Waals surface area contributed by atoms with Gasteiger partial charge in [0, 0.05) is 19.2 Å². The molecule has 31 heavy (non-hydrogen) atoms. The number of rotatable bonds is 6. The summed E-state index contributed by atoms with van der Waals surface area (Å²) < 4.78 is 10.8. The smallest absolute Gasteiger partial charge is 0.340 e. The van der Waals surface area contributed by atoms with E-state index in [1.165, 1.54) is 5.01 Å². The molecule has 2 heterocycles. The lowest BCUT2D eigenvalue weighted by Gasteiger charge is -2.19. The second-order valence-electron chi connectivity index (χ2n) is 7.26. The Hall–Kier alpha value is -3.87. The molecule has 0 saturated heterocycles. The Morgan fingerprint density at radius 1 is 1.13 bits per heavy atom. The molecule has 4 rings (SSSR count). The summed E-state index contributed by atoms with van der Waals surface area (Å²) >= 11 is 0. The molecular formula is C24H23N3O4. The Labute approximate surface area is 180 Å². The van der Waals surface area contributed by atoms with Gasteiger partial charge < -0.3 is 14.5 Å². The van der Waals surface area contributed by atoms with Crippen LogP contribution in [0.2, 0.25) is 0 Å². The quantitative estimate of drug-likeness (QED) is 0.609. The van der Waals surface area contributed by atoms with Gasteiger partial charge in [0.15, 0.2) is 6.61 Å². The van der Waals surface area contributed by atoms with Crippen LogP contribution in [0, 0.1) is 6.92 Å². The largest absolute Gasteiger partial charge is 0.467 e. The number of nitrogens with zero attached hydrogens (tertiary/aromatic N) is 2. The molecule has 1 amide bonds. The summed E-state index contributed by atoms with van der Waals surface area (Å²) in [7, 11) is 1.72. The van der Waals surface area contributed by atoms with Crippen molar-refractivity contribution < 1.29 is 18.7 Å². The predicted octanol–water partition coefficient (Wildman–Crippen LogP) is 4.16. The number of hydrogen-bond donors (Lipinski definition) is 1. The van der Waals surface area contributed by atoms with Crippen molar-refractivity contribution in [1.82, 2.24) is 5.01 Å². The standard InChI is InChI=1S/C24H23N3O4/c1-16-9-11-17(12-10-16)20-14-21(22-8-5-13-30-22)27(26-20)23(28)15-31-24(29)18-6-3-4-7-19(18)25-2/h3-13,21,25H,14-15H2,1-2H3. The number of furan rings is 1. The van der Waals surface area contributed by atoms with E-state index in [9.17, 15) is 9.59 Å². The highest BCUT2D eigenvalue weighted by Crippen LogP contribution is 2.33. The van der Waals surface area contributed by atoms with Gasteiger partial charge in [0.1, 0.15) is 11.8 Å². The van der Waals surface area contributed by atoms with Crippen molar-refractivity contribution in [3.05, 3.63) is 89.4 Å². The average Bonchev–Trinajstić information content (AvgIpc) is 3.47. The van der Waals surface area contributed by atoms with E-state index in [-0.39, 0.29) is 6.04 Å². The number of carbonyl (C=O) groups excluding carboxylic acids is 2. The fourth-order valence-electron chi connectivity index (χ4n) is 3.51. The molecule has 1 unspecified atom stereocenters. The van der Waals surface area contributed by atoms with Gasteiger partial charge in [0.2, 0.25) is 0 Å². The molecular weight excluding hydrogens is 394 g/mol. The Kier molecular flexibility index (Phi) is 5.84. The summed E-state index contributed by atoms with van der Waals surface area (Å²) in [5.74, 6) is -0.361. The SMILES string of the molecule is CNc1ccccc1C(=O)OCC(=O)N1N=C(c2ccc(C)cc2)CC1c1ccco1. The molecule has 0 spiro atoms. The van der Waals surface area contributed by atoms with Crippen LogP contribution in [0.25, 0.3) is 0 Å². The zero-order chi connectivity index (χ0) is 21.8. The number of esters is 1. The maximum atomic E-state index is 13.0. The minimum atomic E-state index is -0.574. The molecule has 0 aliphatic carbocycles. The monoisotopic (exact) mass is 417 g/mol. The third-order valence-corrected chi connectivity index (χ3v) is 5.17. The molecule has 7 nitrogen and oxygen atoms in total. The van der Waals surface area contributed by atoms with Gasteiger partial charge in [-0.3, -0.25) is 4.79 Å². The fraction of sp³-hybridized carbons (Fsp3) is 0.208. The van der Waals surface area contributed by atoms with Gasteiger partial charge in [-0.2, -0.15) is 5.10 Å². The maximum Gasteiger partial charge on any atom is 0.340 e. The van der Waals surface area contributed by atoms with Gasteiger partial charge in [-0.25, -0.2) is 9.80 Å². The minimum absolute atomic E-state index is 0.366. The maximum absolute atomic E-state index is 13.0. The lowest BCUT2D eigenvalue weighted by atomic mass is 10.0. The van der Waals surface area contributed by atoms with Crippen LogP contribution >= 0.6 is 0 Å². The highest BCUT2D eigenvalue weighted by molar-refractivity contribution is 6.03. The van der Waals surface area contributed by atoms with Crippen LogP contribution in [-0.2, 0) is 9.53 Å². The summed E-state index contributed by atoms with van der Waals surface area (Å²) in [5, 5.41) is 8.84. The van der Waals surface area contributed by atoms with E-state index < -0.39 is 18.5 Å². The molecule has 3 aromatic rings. The first-order chi connectivity index (χ1) is 15.1. The van der Waals surface area contributed by atoms with E-state index in [1.54, 1.807) is 37.6 Å². The molecule has 0 radical (unpaired) electrons. The molecule has 1 N–H and O–H groups in total. The summed E-state index contributed by atoms with van der Waals surface area (Å²) in [6, 6.07) is 18.1. The van der Waals surface area contributed by atoms with Crippen LogP contribution in [0.15, 0.2) is 76.4 Å². The molecule has 7 heteroatoms. The van der Waals surface area contributed by atoms with Gasteiger partial charge in [-0.1, -0.05) is 42.0 Å². The number of benzene rings is 2. The van der Waals surface area contributed by atoms with E-state index in [1.807, 2.05) is 43.3 Å². The van der Waals surface area contributed by atoms with Crippen molar-refractivity contribution in [2.24, 2.45) is 5.10 Å². The molecule has 1 aromatic heterocycles. The van der Waals surface area contributed by atoms with Crippen LogP contribution in [0.4, 0.5) is 5.69 Å². The van der Waals surface area contributed by atoms with E-state index in [0.717, 1.165) is 16.8 Å². The topological polar surface area (TPSA) is 84.1 Å². The van der Waals surface area contributed by atoms with Crippen LogP contribution < -0.4 is 5.32 Å². The van der Waals surface area contributed by atoms with Crippen LogP contribution in [-0.4, -0.2) is 36.3 Å². The van der Waals surface area contributed by atoms with Crippen LogP contribution in [0.1, 0.15) is 39.7 Å². The molecule has 1 aliphatic heterocycles. The number of carbonyl (C=O) groups is 2. The number of hydrogen-bond acceptors (Lipinski definition) is 6. The Balaban J connectivity index is 1.52. The first-order valence-corrected chi connectivity index (χ1v) is 10.0. The highest BCUT2D eigenvalue weighted by Gasteiger charge is 2.35. The minimum Gasteiger partial charge on any atom is -0.467 e. The van der Waals surface area contributed by atoms with Crippen LogP contribution in [0.3, 0.4) is 0 Å². The summed E-state index contributed by atoms with van der Waals surface area (Å²) in [6.45, 7) is 1.60. The zero-order valence-corrected chi connectivity index (χ0v) is 17.4. The molecule has 0 fully saturated rings. The fourth-order valence-corrected chi connectivity index (χ4v) is 3.51. The average molecular weight is 417 g/mol. The molecule has 158 valence electrons. The summed E-state index contributed by atoms with van der Waals surface area (Å²) in [4.78, 5) is 25.4. The number of aryl methyl sites for hydroxylation is 1. The number of anilines is 1. The lowest BCUT2D eigenvalue weighted by Crippen LogP contribution is -2.31. The number of hydrazone groups is 1. The third-order valence-electron chi connectivity index (χ3n) is 5.17. The molecule has 0 bridgehead atoms. The molecule has 0 saturated carbocycles. The molecule has 1 atom stereocenters. The predicted molar refractivity (Wildman–Crippen MR) is 117 cm³/mol. The third kappa shape index (κ3) is 4.35. The van der Waals surface area contributed by atoms with E-state index in [0.29, 0.717) is 23.4 Å². The van der Waals surface area contributed by atoms with Crippen molar-refractivity contribution >= 4 is 23.3 Å². The van der Waals surface area contributed by atoms with E-state index in [4.69, 9.17) is 9.15 Å². The van der Waals surface area contributed by atoms with Gasteiger partial charge >= 0.3 is 5.97 Å². The van der Waals surface area contributed by atoms with E-state index >= 15 is 0 Å². The second kappa shape index (κ2) is 8.87. The number of amides is 1. The lowest BCUT2D eigenvalue weighted by molar-refractivity contribution is -0.136. The zero-order valence-electron chi connectivity index (χ0n) is 17.4. The van der Waals surface area contributed by atoms with Crippen molar-refractivity contribution in [3.8, 4) is 0 Å². The summed E-state index contributed by atoms with van der Waals surface area (Å²) in [5.41, 5.74) is 3.87. The first-order valence-electron chi connectivity index (χ1n) is 10.0. The van der Waals surface area contributed by atoms with Gasteiger partial charge in [0.05, 0.1) is 17.5 Å². The Morgan fingerprint density at radius 2 is 1.90 bits per heavy atom.